The Morgan fingerprint density at radius 3 is 2.45 bits per heavy atom. The summed E-state index contributed by atoms with van der Waals surface area (Å²) in [6, 6.07) is 5.75. The summed E-state index contributed by atoms with van der Waals surface area (Å²) in [4.78, 5) is 23.7. The van der Waals surface area contributed by atoms with E-state index >= 15 is 0 Å². The van der Waals surface area contributed by atoms with Crippen molar-refractivity contribution in [2.24, 2.45) is 0 Å². The van der Waals surface area contributed by atoms with Crippen LogP contribution in [0.4, 0.5) is 0 Å². The van der Waals surface area contributed by atoms with E-state index in [0.717, 1.165) is 0 Å². The van der Waals surface area contributed by atoms with Crippen LogP contribution in [0.2, 0.25) is 0 Å². The highest BCUT2D eigenvalue weighted by Crippen LogP contribution is 2.25. The second kappa shape index (κ2) is 9.06. The number of carbonyl (C=O) groups excluding carboxylic acids is 2. The zero-order valence-corrected chi connectivity index (χ0v) is 15.7. The molecule has 0 spiro atoms. The largest absolute Gasteiger partial charge is 0.462 e. The topological polar surface area (TPSA) is 152 Å². The second-order valence-corrected chi connectivity index (χ2v) is 7.11. The van der Waals surface area contributed by atoms with Crippen molar-refractivity contribution in [3.63, 3.8) is 0 Å². The summed E-state index contributed by atoms with van der Waals surface area (Å²) >= 11 is 0. The molecule has 7 atom stereocenters. The van der Waals surface area contributed by atoms with Crippen LogP contribution in [-0.2, 0) is 19.0 Å². The number of aliphatic hydroxyl groups is 4. The number of benzene rings is 1. The van der Waals surface area contributed by atoms with Crippen molar-refractivity contribution in [1.82, 2.24) is 0 Å². The Labute approximate surface area is 166 Å². The zero-order valence-electron chi connectivity index (χ0n) is 15.7. The molecule has 4 N–H and O–H groups in total. The van der Waals surface area contributed by atoms with Gasteiger partial charge in [0.2, 0.25) is 6.29 Å². The summed E-state index contributed by atoms with van der Waals surface area (Å²) in [7, 11) is 0. The number of carbonyl (C=O) groups is 2. The quantitative estimate of drug-likeness (QED) is 0.448. The van der Waals surface area contributed by atoms with Gasteiger partial charge < -0.3 is 39.4 Å². The molecular weight excluding hydrogens is 388 g/mol. The first-order chi connectivity index (χ1) is 13.8. The van der Waals surface area contributed by atoms with E-state index in [4.69, 9.17) is 18.9 Å². The average molecular weight is 412 g/mol. The highest BCUT2D eigenvalue weighted by atomic mass is 16.7. The van der Waals surface area contributed by atoms with Gasteiger partial charge in [-0.1, -0.05) is 0 Å². The van der Waals surface area contributed by atoms with Crippen LogP contribution in [0, 0.1) is 0 Å². The maximum atomic E-state index is 12.3. The molecule has 10 nitrogen and oxygen atoms in total. The summed E-state index contributed by atoms with van der Waals surface area (Å²) in [6.07, 6.45) is -7.41. The number of esters is 2. The van der Waals surface area contributed by atoms with Crippen molar-refractivity contribution in [2.75, 3.05) is 6.61 Å². The average Bonchev–Trinajstić information content (AvgIpc) is 2.68. The molecule has 0 saturated carbocycles. The van der Waals surface area contributed by atoms with Crippen molar-refractivity contribution in [1.29, 1.82) is 0 Å². The number of hydrogen-bond donors (Lipinski definition) is 4. The molecule has 2 aliphatic heterocycles. The standard InChI is InChI=1S/C19H24O10/c1-9-6-12(7-14(21)26-9)27-18(25)10-2-4-11(5-3-10)28-19-17(24)16(23)15(22)13(8-20)29-19/h2-5,9,12-13,15-17,19-20,22-24H,6-8H2,1H3. The van der Waals surface area contributed by atoms with E-state index in [0.29, 0.717) is 6.42 Å². The molecule has 0 radical (unpaired) electrons. The molecule has 2 heterocycles. The van der Waals surface area contributed by atoms with Gasteiger partial charge in [0.15, 0.2) is 0 Å². The Morgan fingerprint density at radius 2 is 1.83 bits per heavy atom. The molecule has 0 aromatic heterocycles. The fraction of sp³-hybridized carbons (Fsp3) is 0.579. The van der Waals surface area contributed by atoms with Gasteiger partial charge in [0, 0.05) is 6.42 Å². The molecule has 0 aliphatic carbocycles. The molecule has 160 valence electrons. The van der Waals surface area contributed by atoms with E-state index in [9.17, 15) is 30.0 Å². The van der Waals surface area contributed by atoms with E-state index in [-0.39, 0.29) is 23.8 Å². The van der Waals surface area contributed by atoms with Crippen molar-refractivity contribution in [3.05, 3.63) is 29.8 Å². The van der Waals surface area contributed by atoms with Crippen LogP contribution in [0.5, 0.6) is 5.75 Å². The van der Waals surface area contributed by atoms with Gasteiger partial charge in [-0.05, 0) is 31.2 Å². The van der Waals surface area contributed by atoms with Gasteiger partial charge in [0.25, 0.3) is 0 Å². The number of ether oxygens (including phenoxy) is 4. The maximum Gasteiger partial charge on any atom is 0.338 e. The van der Waals surface area contributed by atoms with Crippen LogP contribution >= 0.6 is 0 Å². The van der Waals surface area contributed by atoms with Gasteiger partial charge in [-0.25, -0.2) is 4.79 Å². The van der Waals surface area contributed by atoms with Gasteiger partial charge in [-0.2, -0.15) is 0 Å². The van der Waals surface area contributed by atoms with Gasteiger partial charge >= 0.3 is 11.9 Å². The van der Waals surface area contributed by atoms with Crippen molar-refractivity contribution in [3.8, 4) is 5.75 Å². The Bertz CT molecular complexity index is 718. The van der Waals surface area contributed by atoms with Gasteiger partial charge in [-0.15, -0.1) is 0 Å². The lowest BCUT2D eigenvalue weighted by Crippen LogP contribution is -2.60. The fourth-order valence-electron chi connectivity index (χ4n) is 3.24. The molecule has 0 amide bonds. The van der Waals surface area contributed by atoms with E-state index in [1.807, 2.05) is 0 Å². The van der Waals surface area contributed by atoms with Crippen LogP contribution in [-0.4, -0.2) is 81.9 Å². The minimum absolute atomic E-state index is 0.00832. The first kappa shape index (κ1) is 21.5. The summed E-state index contributed by atoms with van der Waals surface area (Å²) < 4.78 is 21.1. The van der Waals surface area contributed by atoms with E-state index in [1.54, 1.807) is 6.92 Å². The minimum Gasteiger partial charge on any atom is -0.462 e. The predicted octanol–water partition coefficient (Wildman–Crippen LogP) is -0.884. The summed E-state index contributed by atoms with van der Waals surface area (Å²) in [5.74, 6) is -0.790. The van der Waals surface area contributed by atoms with Gasteiger partial charge in [0.1, 0.15) is 42.4 Å². The Hall–Kier alpha value is -2.24. The second-order valence-electron chi connectivity index (χ2n) is 7.11. The molecule has 2 aliphatic rings. The van der Waals surface area contributed by atoms with Crippen LogP contribution in [0.3, 0.4) is 0 Å². The number of cyclic esters (lactones) is 1. The lowest BCUT2D eigenvalue weighted by molar-refractivity contribution is -0.277. The Morgan fingerprint density at radius 1 is 1.14 bits per heavy atom. The molecule has 2 fully saturated rings. The number of hydrogen-bond acceptors (Lipinski definition) is 10. The lowest BCUT2D eigenvalue weighted by Gasteiger charge is -2.39. The van der Waals surface area contributed by atoms with E-state index in [1.165, 1.54) is 24.3 Å². The summed E-state index contributed by atoms with van der Waals surface area (Å²) in [5.41, 5.74) is 0.234. The molecule has 2 saturated heterocycles. The Balaban J connectivity index is 1.59. The lowest BCUT2D eigenvalue weighted by atomic mass is 9.99. The highest BCUT2D eigenvalue weighted by molar-refractivity contribution is 5.89. The third kappa shape index (κ3) is 5.03. The number of rotatable bonds is 5. The van der Waals surface area contributed by atoms with Crippen molar-refractivity contribution >= 4 is 11.9 Å². The monoisotopic (exact) mass is 412 g/mol. The summed E-state index contributed by atoms with van der Waals surface area (Å²) in [6.45, 7) is 1.16. The Kier molecular flexibility index (Phi) is 6.70. The normalized spacial score (nSPS) is 34.9. The molecule has 1 aromatic carbocycles. The van der Waals surface area contributed by atoms with E-state index in [2.05, 4.69) is 0 Å². The van der Waals surface area contributed by atoms with Crippen LogP contribution < -0.4 is 4.74 Å². The minimum atomic E-state index is -1.55. The third-order valence-corrected chi connectivity index (χ3v) is 4.79. The SMILES string of the molecule is CC1CC(OC(=O)c2ccc(OC3OC(CO)C(O)C(O)C3O)cc2)CC(=O)O1. The predicted molar refractivity (Wildman–Crippen MR) is 94.8 cm³/mol. The molecule has 1 aromatic rings. The fourth-order valence-corrected chi connectivity index (χ4v) is 3.24. The molecule has 10 heteroatoms. The summed E-state index contributed by atoms with van der Waals surface area (Å²) in [5, 5.41) is 38.8. The van der Waals surface area contributed by atoms with Gasteiger partial charge in [-0.3, -0.25) is 4.79 Å². The highest BCUT2D eigenvalue weighted by Gasteiger charge is 2.44. The van der Waals surface area contributed by atoms with E-state index < -0.39 is 55.4 Å². The first-order valence-corrected chi connectivity index (χ1v) is 9.26. The molecule has 29 heavy (non-hydrogen) atoms. The first-order valence-electron chi connectivity index (χ1n) is 9.26. The zero-order chi connectivity index (χ0) is 21.1. The van der Waals surface area contributed by atoms with Crippen LogP contribution in [0.1, 0.15) is 30.1 Å². The molecule has 0 bridgehead atoms. The smallest absolute Gasteiger partial charge is 0.338 e. The molecular formula is C19H24O10. The molecule has 3 rings (SSSR count). The van der Waals surface area contributed by atoms with Crippen LogP contribution in [0.15, 0.2) is 24.3 Å². The third-order valence-electron chi connectivity index (χ3n) is 4.79. The maximum absolute atomic E-state index is 12.3. The van der Waals surface area contributed by atoms with Gasteiger partial charge in [0.05, 0.1) is 18.6 Å². The molecule has 7 unspecified atom stereocenters. The van der Waals surface area contributed by atoms with Crippen LogP contribution in [0.25, 0.3) is 0 Å². The number of aliphatic hydroxyl groups excluding tert-OH is 4. The van der Waals surface area contributed by atoms with Crippen molar-refractivity contribution in [2.45, 2.75) is 62.7 Å². The van der Waals surface area contributed by atoms with Crippen molar-refractivity contribution < 1.29 is 49.0 Å².